The Morgan fingerprint density at radius 1 is 1.13 bits per heavy atom. The standard InChI is InChI=1S/C29H37N5O4/c1-17-16-33(21-6-7-24(38-2)22(12-21)27(30)35)8-9-34(17)25-5-3-4-23(31-25)28(36)32-26-19-10-18-11-20(26)15-29(37,13-18)14-19/h3-7,12,17-20,26,37H,8-11,13-16H2,1-2H3,(H2,30,35)(H,32,36). The highest BCUT2D eigenvalue weighted by atomic mass is 16.5. The number of benzene rings is 1. The molecule has 3 unspecified atom stereocenters. The summed E-state index contributed by atoms with van der Waals surface area (Å²) in [4.78, 5) is 34.4. The summed E-state index contributed by atoms with van der Waals surface area (Å²) in [5.74, 6) is 1.94. The Morgan fingerprint density at radius 3 is 2.55 bits per heavy atom. The maximum absolute atomic E-state index is 13.3. The van der Waals surface area contributed by atoms with Crippen LogP contribution in [0, 0.1) is 17.8 Å². The number of primary amides is 1. The molecule has 4 bridgehead atoms. The number of aliphatic hydroxyl groups is 1. The van der Waals surface area contributed by atoms with Gasteiger partial charge in [-0.2, -0.15) is 0 Å². The third-order valence-electron chi connectivity index (χ3n) is 9.24. The Morgan fingerprint density at radius 2 is 1.89 bits per heavy atom. The highest BCUT2D eigenvalue weighted by molar-refractivity contribution is 5.96. The number of hydrogen-bond donors (Lipinski definition) is 3. The Bertz CT molecular complexity index is 1240. The largest absolute Gasteiger partial charge is 0.496 e. The van der Waals surface area contributed by atoms with Crippen molar-refractivity contribution >= 4 is 23.3 Å². The maximum Gasteiger partial charge on any atom is 0.270 e. The third-order valence-corrected chi connectivity index (χ3v) is 9.24. The Labute approximate surface area is 223 Å². The van der Waals surface area contributed by atoms with E-state index in [1.807, 2.05) is 18.2 Å². The summed E-state index contributed by atoms with van der Waals surface area (Å²) in [6.07, 6.45) is 4.74. The molecule has 9 nitrogen and oxygen atoms in total. The molecule has 1 saturated heterocycles. The fourth-order valence-electron chi connectivity index (χ4n) is 7.77. The van der Waals surface area contributed by atoms with E-state index < -0.39 is 11.5 Å². The van der Waals surface area contributed by atoms with Crippen LogP contribution in [0.25, 0.3) is 0 Å². The van der Waals surface area contributed by atoms with E-state index in [-0.39, 0.29) is 18.0 Å². The number of rotatable bonds is 6. The van der Waals surface area contributed by atoms with Crippen LogP contribution < -0.4 is 25.6 Å². The molecule has 5 fully saturated rings. The van der Waals surface area contributed by atoms with Gasteiger partial charge < -0.3 is 30.7 Å². The molecule has 1 aromatic heterocycles. The van der Waals surface area contributed by atoms with Gasteiger partial charge in [0.15, 0.2) is 0 Å². The Kier molecular flexibility index (Phi) is 6.21. The van der Waals surface area contributed by atoms with Crippen LogP contribution in [0.2, 0.25) is 0 Å². The highest BCUT2D eigenvalue weighted by Gasteiger charge is 2.55. The van der Waals surface area contributed by atoms with Crippen molar-refractivity contribution in [1.82, 2.24) is 10.3 Å². The molecule has 4 N–H and O–H groups in total. The van der Waals surface area contributed by atoms with Crippen LogP contribution in [0.15, 0.2) is 36.4 Å². The SMILES string of the molecule is COc1ccc(N2CCN(c3cccc(C(=O)NC4C5CC6CC4CC(O)(C6)C5)n3)C(C)C2)cc1C(N)=O. The fourth-order valence-corrected chi connectivity index (χ4v) is 7.77. The lowest BCUT2D eigenvalue weighted by atomic mass is 9.52. The molecule has 3 atom stereocenters. The second-order valence-electron chi connectivity index (χ2n) is 11.8. The van der Waals surface area contributed by atoms with Crippen LogP contribution in [0.4, 0.5) is 11.5 Å². The monoisotopic (exact) mass is 519 g/mol. The number of nitrogens with one attached hydrogen (secondary N) is 1. The van der Waals surface area contributed by atoms with Gasteiger partial charge in [-0.3, -0.25) is 9.59 Å². The summed E-state index contributed by atoms with van der Waals surface area (Å²) in [6, 6.07) is 11.4. The number of aromatic nitrogens is 1. The zero-order valence-corrected chi connectivity index (χ0v) is 22.1. The van der Waals surface area contributed by atoms with Crippen molar-refractivity contribution in [2.24, 2.45) is 23.5 Å². The molecule has 2 heterocycles. The lowest BCUT2D eigenvalue weighted by Gasteiger charge is -2.58. The summed E-state index contributed by atoms with van der Waals surface area (Å²) < 4.78 is 5.28. The molecule has 1 aliphatic heterocycles. The predicted molar refractivity (Wildman–Crippen MR) is 145 cm³/mol. The second kappa shape index (κ2) is 9.45. The number of anilines is 2. The number of carbonyl (C=O) groups excluding carboxylic acids is 2. The van der Waals surface area contributed by atoms with Gasteiger partial charge >= 0.3 is 0 Å². The van der Waals surface area contributed by atoms with E-state index in [4.69, 9.17) is 15.5 Å². The Balaban J connectivity index is 1.13. The van der Waals surface area contributed by atoms with Gasteiger partial charge in [0.2, 0.25) is 0 Å². The molecule has 38 heavy (non-hydrogen) atoms. The van der Waals surface area contributed by atoms with E-state index in [1.54, 1.807) is 18.2 Å². The molecule has 4 aliphatic carbocycles. The first-order chi connectivity index (χ1) is 18.2. The zero-order chi connectivity index (χ0) is 26.6. The number of carbonyl (C=O) groups is 2. The minimum Gasteiger partial charge on any atom is -0.496 e. The van der Waals surface area contributed by atoms with Crippen LogP contribution >= 0.6 is 0 Å². The van der Waals surface area contributed by atoms with E-state index in [9.17, 15) is 14.7 Å². The van der Waals surface area contributed by atoms with Crippen LogP contribution in [-0.4, -0.2) is 66.3 Å². The molecule has 7 rings (SSSR count). The van der Waals surface area contributed by atoms with Gasteiger partial charge in [-0.1, -0.05) is 6.07 Å². The van der Waals surface area contributed by atoms with Crippen molar-refractivity contribution in [3.8, 4) is 5.75 Å². The van der Waals surface area contributed by atoms with Crippen molar-refractivity contribution in [2.45, 2.75) is 56.7 Å². The van der Waals surface area contributed by atoms with Gasteiger partial charge in [0, 0.05) is 37.4 Å². The third kappa shape index (κ3) is 4.46. The molecule has 0 spiro atoms. The number of amides is 2. The zero-order valence-electron chi connectivity index (χ0n) is 22.1. The van der Waals surface area contributed by atoms with E-state index in [0.717, 1.165) is 63.2 Å². The number of piperazine rings is 1. The van der Waals surface area contributed by atoms with Gasteiger partial charge in [0.25, 0.3) is 11.8 Å². The average Bonchev–Trinajstić information content (AvgIpc) is 2.89. The lowest BCUT2D eigenvalue weighted by Crippen LogP contribution is -2.61. The van der Waals surface area contributed by atoms with E-state index in [2.05, 4.69) is 22.0 Å². The van der Waals surface area contributed by atoms with Gasteiger partial charge in [0.05, 0.1) is 18.3 Å². The van der Waals surface area contributed by atoms with Crippen LogP contribution in [0.1, 0.15) is 59.9 Å². The summed E-state index contributed by atoms with van der Waals surface area (Å²) in [5.41, 5.74) is 6.77. The topological polar surface area (TPSA) is 121 Å². The number of nitrogens with zero attached hydrogens (tertiary/aromatic N) is 3. The molecule has 4 saturated carbocycles. The number of ether oxygens (including phenoxy) is 1. The van der Waals surface area contributed by atoms with Crippen molar-refractivity contribution in [3.05, 3.63) is 47.7 Å². The van der Waals surface area contributed by atoms with E-state index in [0.29, 0.717) is 34.8 Å². The highest BCUT2D eigenvalue weighted by Crippen LogP contribution is 2.55. The van der Waals surface area contributed by atoms with Gasteiger partial charge in [-0.25, -0.2) is 4.98 Å². The molecule has 1 aromatic carbocycles. The molecule has 9 heteroatoms. The van der Waals surface area contributed by atoms with Crippen molar-refractivity contribution in [1.29, 1.82) is 0 Å². The quantitative estimate of drug-likeness (QED) is 0.536. The number of nitrogens with two attached hydrogens (primary N) is 1. The average molecular weight is 520 g/mol. The van der Waals surface area contributed by atoms with Gasteiger partial charge in [-0.15, -0.1) is 0 Å². The number of pyridine rings is 1. The summed E-state index contributed by atoms with van der Waals surface area (Å²) in [5, 5.41) is 14.2. The molecular formula is C29H37N5O4. The van der Waals surface area contributed by atoms with Crippen molar-refractivity contribution < 1.29 is 19.4 Å². The first kappa shape index (κ1) is 25.0. The van der Waals surface area contributed by atoms with E-state index >= 15 is 0 Å². The van der Waals surface area contributed by atoms with Crippen LogP contribution in [-0.2, 0) is 0 Å². The summed E-state index contributed by atoms with van der Waals surface area (Å²) in [6.45, 7) is 4.34. The van der Waals surface area contributed by atoms with Crippen molar-refractivity contribution in [2.75, 3.05) is 36.5 Å². The first-order valence-corrected chi connectivity index (χ1v) is 13.7. The summed E-state index contributed by atoms with van der Waals surface area (Å²) >= 11 is 0. The second-order valence-corrected chi connectivity index (χ2v) is 11.8. The molecular weight excluding hydrogens is 482 g/mol. The molecule has 2 amide bonds. The smallest absolute Gasteiger partial charge is 0.270 e. The minimum atomic E-state index is -0.515. The normalized spacial score (nSPS) is 31.8. The predicted octanol–water partition coefficient (Wildman–Crippen LogP) is 2.57. The van der Waals surface area contributed by atoms with Crippen LogP contribution in [0.5, 0.6) is 5.75 Å². The number of hydrogen-bond acceptors (Lipinski definition) is 7. The fraction of sp³-hybridized carbons (Fsp3) is 0.552. The molecule has 5 aliphatic rings. The summed E-state index contributed by atoms with van der Waals surface area (Å²) in [7, 11) is 1.52. The lowest BCUT2D eigenvalue weighted by molar-refractivity contribution is -0.136. The van der Waals surface area contributed by atoms with Crippen molar-refractivity contribution in [3.63, 3.8) is 0 Å². The first-order valence-electron chi connectivity index (χ1n) is 13.7. The molecule has 202 valence electrons. The maximum atomic E-state index is 13.3. The Hall–Kier alpha value is -3.33. The number of methoxy groups -OCH3 is 1. The van der Waals surface area contributed by atoms with E-state index in [1.165, 1.54) is 7.11 Å². The minimum absolute atomic E-state index is 0.125. The molecule has 0 radical (unpaired) electrons. The molecule has 2 aromatic rings. The van der Waals surface area contributed by atoms with Gasteiger partial charge in [-0.05, 0) is 87.1 Å². The van der Waals surface area contributed by atoms with Crippen LogP contribution in [0.3, 0.4) is 0 Å². The van der Waals surface area contributed by atoms with Gasteiger partial charge in [0.1, 0.15) is 17.3 Å².